The van der Waals surface area contributed by atoms with E-state index >= 15 is 0 Å². The summed E-state index contributed by atoms with van der Waals surface area (Å²) >= 11 is 0. The maximum atomic E-state index is 11.9. The van der Waals surface area contributed by atoms with E-state index in [0.717, 1.165) is 18.8 Å². The minimum absolute atomic E-state index is 0.122. The average Bonchev–Trinajstić information content (AvgIpc) is 2.70. The van der Waals surface area contributed by atoms with Crippen LogP contribution in [0.1, 0.15) is 43.5 Å². The molecule has 0 bridgehead atoms. The molecule has 0 aromatic carbocycles. The second kappa shape index (κ2) is 4.77. The van der Waals surface area contributed by atoms with Crippen molar-refractivity contribution in [2.45, 2.75) is 39.2 Å². The van der Waals surface area contributed by atoms with Gasteiger partial charge in [-0.2, -0.15) is 5.10 Å². The lowest BCUT2D eigenvalue weighted by molar-refractivity contribution is 0.0911. The molecule has 1 heterocycles. The number of carbonyl (C=O) groups excluding carboxylic acids is 1. The van der Waals surface area contributed by atoms with E-state index in [4.69, 9.17) is 5.73 Å². The summed E-state index contributed by atoms with van der Waals surface area (Å²) in [6.45, 7) is 4.52. The van der Waals surface area contributed by atoms with Crippen molar-refractivity contribution < 1.29 is 4.79 Å². The van der Waals surface area contributed by atoms with E-state index in [2.05, 4.69) is 29.4 Å². The van der Waals surface area contributed by atoms with Crippen LogP contribution in [0.5, 0.6) is 0 Å². The van der Waals surface area contributed by atoms with Crippen molar-refractivity contribution in [3.8, 4) is 0 Å². The molecule has 17 heavy (non-hydrogen) atoms. The molecule has 0 aliphatic heterocycles. The van der Waals surface area contributed by atoms with E-state index in [1.165, 1.54) is 12.6 Å². The number of carbonyl (C=O) groups is 1. The van der Waals surface area contributed by atoms with Gasteiger partial charge in [0.15, 0.2) is 0 Å². The number of aromatic amines is 1. The average molecular weight is 236 g/mol. The van der Waals surface area contributed by atoms with Gasteiger partial charge in [-0.1, -0.05) is 13.8 Å². The van der Waals surface area contributed by atoms with Gasteiger partial charge in [0.1, 0.15) is 11.4 Å². The van der Waals surface area contributed by atoms with Crippen LogP contribution in [0.3, 0.4) is 0 Å². The molecule has 4 N–H and O–H groups in total. The quantitative estimate of drug-likeness (QED) is 0.728. The third kappa shape index (κ3) is 2.60. The monoisotopic (exact) mass is 236 g/mol. The Hall–Kier alpha value is -1.52. The number of H-pyrrole nitrogens is 1. The minimum atomic E-state index is -0.122. The van der Waals surface area contributed by atoms with E-state index < -0.39 is 0 Å². The molecule has 1 aromatic heterocycles. The number of nitrogens with two attached hydrogens (primary N) is 1. The summed E-state index contributed by atoms with van der Waals surface area (Å²) in [5, 5.41) is 9.36. The van der Waals surface area contributed by atoms with E-state index in [9.17, 15) is 4.79 Å². The third-order valence-electron chi connectivity index (χ3n) is 3.85. The van der Waals surface area contributed by atoms with E-state index in [1.54, 1.807) is 0 Å². The van der Waals surface area contributed by atoms with E-state index in [0.29, 0.717) is 17.3 Å². The highest BCUT2D eigenvalue weighted by Gasteiger charge is 2.26. The Kier molecular flexibility index (Phi) is 3.36. The van der Waals surface area contributed by atoms with Crippen LogP contribution >= 0.6 is 0 Å². The predicted octanol–water partition coefficient (Wildman–Crippen LogP) is 1.55. The van der Waals surface area contributed by atoms with Crippen molar-refractivity contribution in [2.24, 2.45) is 11.8 Å². The van der Waals surface area contributed by atoms with Crippen LogP contribution in [0.4, 0.5) is 5.82 Å². The molecule has 3 unspecified atom stereocenters. The first-order valence-corrected chi connectivity index (χ1v) is 6.17. The summed E-state index contributed by atoms with van der Waals surface area (Å²) in [4.78, 5) is 11.9. The van der Waals surface area contributed by atoms with Crippen molar-refractivity contribution in [3.63, 3.8) is 0 Å². The first-order chi connectivity index (χ1) is 8.08. The zero-order valence-electron chi connectivity index (χ0n) is 10.4. The second-order valence-corrected chi connectivity index (χ2v) is 5.14. The van der Waals surface area contributed by atoms with Gasteiger partial charge in [0, 0.05) is 6.04 Å². The molecule has 1 aromatic rings. The van der Waals surface area contributed by atoms with Crippen LogP contribution in [-0.2, 0) is 0 Å². The lowest BCUT2D eigenvalue weighted by Gasteiger charge is -2.32. The molecule has 0 saturated heterocycles. The van der Waals surface area contributed by atoms with Crippen molar-refractivity contribution in [2.75, 3.05) is 5.73 Å². The summed E-state index contributed by atoms with van der Waals surface area (Å²) in [6.07, 6.45) is 4.74. The molecule has 1 aliphatic carbocycles. The van der Waals surface area contributed by atoms with Crippen molar-refractivity contribution in [1.82, 2.24) is 15.5 Å². The Morgan fingerprint density at radius 2 is 2.24 bits per heavy atom. The molecule has 3 atom stereocenters. The molecule has 0 radical (unpaired) electrons. The van der Waals surface area contributed by atoms with Crippen LogP contribution in [0, 0.1) is 11.8 Å². The molecule has 1 amide bonds. The van der Waals surface area contributed by atoms with Gasteiger partial charge in [-0.15, -0.1) is 0 Å². The molecule has 94 valence electrons. The molecule has 1 fully saturated rings. The van der Waals surface area contributed by atoms with Crippen LogP contribution in [0.2, 0.25) is 0 Å². The largest absolute Gasteiger partial charge is 0.383 e. The number of rotatable bonds is 2. The Labute approximate surface area is 101 Å². The fourth-order valence-corrected chi connectivity index (χ4v) is 2.42. The number of nitrogens with one attached hydrogen (secondary N) is 2. The topological polar surface area (TPSA) is 83.8 Å². The molecule has 0 spiro atoms. The fraction of sp³-hybridized carbons (Fsp3) is 0.667. The zero-order chi connectivity index (χ0) is 12.4. The summed E-state index contributed by atoms with van der Waals surface area (Å²) in [7, 11) is 0. The van der Waals surface area contributed by atoms with E-state index in [-0.39, 0.29) is 11.9 Å². The summed E-state index contributed by atoms with van der Waals surface area (Å²) < 4.78 is 0. The highest BCUT2D eigenvalue weighted by atomic mass is 16.1. The van der Waals surface area contributed by atoms with Gasteiger partial charge in [-0.3, -0.25) is 9.89 Å². The summed E-state index contributed by atoms with van der Waals surface area (Å²) in [5.74, 6) is 1.63. The Morgan fingerprint density at radius 1 is 1.47 bits per heavy atom. The first kappa shape index (κ1) is 12.0. The van der Waals surface area contributed by atoms with Gasteiger partial charge in [0.2, 0.25) is 0 Å². The fourth-order valence-electron chi connectivity index (χ4n) is 2.42. The van der Waals surface area contributed by atoms with Crippen molar-refractivity contribution >= 4 is 11.7 Å². The predicted molar refractivity (Wildman–Crippen MR) is 66.4 cm³/mol. The molecule has 5 heteroatoms. The molecule has 1 aliphatic rings. The number of amides is 1. The third-order valence-corrected chi connectivity index (χ3v) is 3.85. The summed E-state index contributed by atoms with van der Waals surface area (Å²) in [6, 6.07) is 0.267. The molecular formula is C12H20N4O. The SMILES string of the molecule is CC1CCC(NC(=O)c2cn[nH]c2N)CC1C. The van der Waals surface area contributed by atoms with Crippen molar-refractivity contribution in [1.29, 1.82) is 0 Å². The Balaban J connectivity index is 1.94. The van der Waals surface area contributed by atoms with Crippen LogP contribution in [0.25, 0.3) is 0 Å². The van der Waals surface area contributed by atoms with Gasteiger partial charge >= 0.3 is 0 Å². The van der Waals surface area contributed by atoms with E-state index in [1.807, 2.05) is 0 Å². The van der Waals surface area contributed by atoms with Gasteiger partial charge in [0.05, 0.1) is 6.20 Å². The first-order valence-electron chi connectivity index (χ1n) is 6.17. The van der Waals surface area contributed by atoms with Gasteiger partial charge < -0.3 is 11.1 Å². The van der Waals surface area contributed by atoms with Gasteiger partial charge in [-0.05, 0) is 31.1 Å². The maximum Gasteiger partial charge on any atom is 0.256 e. The summed E-state index contributed by atoms with van der Waals surface area (Å²) in [5.41, 5.74) is 6.06. The number of hydrogen-bond donors (Lipinski definition) is 3. The molecule has 2 rings (SSSR count). The standard InChI is InChI=1S/C12H20N4O/c1-7-3-4-9(5-8(7)2)15-12(17)10-6-14-16-11(10)13/h6-9H,3-5H2,1-2H3,(H,15,17)(H3,13,14,16). The van der Waals surface area contributed by atoms with Crippen LogP contribution in [0.15, 0.2) is 6.20 Å². The highest BCUT2D eigenvalue weighted by Crippen LogP contribution is 2.29. The van der Waals surface area contributed by atoms with Crippen LogP contribution < -0.4 is 11.1 Å². The molecular weight excluding hydrogens is 216 g/mol. The normalized spacial score (nSPS) is 28.9. The minimum Gasteiger partial charge on any atom is -0.383 e. The number of aromatic nitrogens is 2. The van der Waals surface area contributed by atoms with Crippen LogP contribution in [-0.4, -0.2) is 22.1 Å². The number of nitrogens with zero attached hydrogens (tertiary/aromatic N) is 1. The maximum absolute atomic E-state index is 11.9. The Bertz CT molecular complexity index is 401. The van der Waals surface area contributed by atoms with Gasteiger partial charge in [-0.25, -0.2) is 0 Å². The number of anilines is 1. The highest BCUT2D eigenvalue weighted by molar-refractivity contribution is 5.98. The van der Waals surface area contributed by atoms with Gasteiger partial charge in [0.25, 0.3) is 5.91 Å². The number of hydrogen-bond acceptors (Lipinski definition) is 3. The second-order valence-electron chi connectivity index (χ2n) is 5.14. The smallest absolute Gasteiger partial charge is 0.256 e. The lowest BCUT2D eigenvalue weighted by Crippen LogP contribution is -2.39. The Morgan fingerprint density at radius 3 is 2.82 bits per heavy atom. The zero-order valence-corrected chi connectivity index (χ0v) is 10.4. The lowest BCUT2D eigenvalue weighted by atomic mass is 9.79. The van der Waals surface area contributed by atoms with Crippen molar-refractivity contribution in [3.05, 3.63) is 11.8 Å². The molecule has 5 nitrogen and oxygen atoms in total. The molecule has 1 saturated carbocycles. The number of nitrogen functional groups attached to an aromatic ring is 1.